The van der Waals surface area contributed by atoms with Gasteiger partial charge < -0.3 is 9.84 Å². The fraction of sp³-hybridized carbons (Fsp3) is 0.294. The summed E-state index contributed by atoms with van der Waals surface area (Å²) in [6.45, 7) is -6.97. The van der Waals surface area contributed by atoms with Crippen LogP contribution < -0.4 is 4.74 Å². The summed E-state index contributed by atoms with van der Waals surface area (Å²) in [6, 6.07) is 6.79. The van der Waals surface area contributed by atoms with E-state index in [1.807, 2.05) is 0 Å². The molecule has 1 saturated heterocycles. The van der Waals surface area contributed by atoms with Gasteiger partial charge in [-0.25, -0.2) is 0 Å². The molecule has 2 aromatic rings. The molecule has 114 valence electrons. The third-order valence-corrected chi connectivity index (χ3v) is 3.14. The Bertz CT molecular complexity index is 993. The summed E-state index contributed by atoms with van der Waals surface area (Å²) in [7, 11) is 0. The second-order valence-electron chi connectivity index (χ2n) is 4.62. The van der Waals surface area contributed by atoms with Crippen molar-refractivity contribution in [2.75, 3.05) is 13.1 Å². The van der Waals surface area contributed by atoms with Crippen molar-refractivity contribution in [1.29, 1.82) is 0 Å². The van der Waals surface area contributed by atoms with Gasteiger partial charge in [0.15, 0.2) is 0 Å². The van der Waals surface area contributed by atoms with E-state index in [2.05, 4.69) is 0 Å². The number of likely N-dealkylation sites (tertiary alicyclic amines) is 1. The van der Waals surface area contributed by atoms with Crippen molar-refractivity contribution in [2.24, 2.45) is 0 Å². The molecule has 0 spiro atoms. The van der Waals surface area contributed by atoms with Crippen molar-refractivity contribution < 1.29 is 29.0 Å². The van der Waals surface area contributed by atoms with Gasteiger partial charge in [-0.3, -0.25) is 14.5 Å². The number of amides is 2. The SMILES string of the molecule is [2H]c1cc2ccccc2c(OC([2H])([2H])C([2H])(O)C([2H])([2H])N2C(=O)CCC2=O)c1[2H]. The molecule has 0 saturated carbocycles. The first-order valence-electron chi connectivity index (χ1n) is 10.1. The third kappa shape index (κ3) is 2.94. The van der Waals surface area contributed by atoms with Crippen molar-refractivity contribution in [2.45, 2.75) is 18.9 Å². The maximum absolute atomic E-state index is 11.9. The lowest BCUT2D eigenvalue weighted by atomic mass is 10.1. The minimum Gasteiger partial charge on any atom is -0.490 e. The summed E-state index contributed by atoms with van der Waals surface area (Å²) in [5, 5.41) is 11.1. The topological polar surface area (TPSA) is 66.8 Å². The molecule has 5 nitrogen and oxygen atoms in total. The predicted molar refractivity (Wildman–Crippen MR) is 81.4 cm³/mol. The van der Waals surface area contributed by atoms with Gasteiger partial charge in [0, 0.05) is 18.2 Å². The average molecular weight is 306 g/mol. The highest BCUT2D eigenvalue weighted by atomic mass is 16.5. The minimum absolute atomic E-state index is 0.0296. The summed E-state index contributed by atoms with van der Waals surface area (Å²) in [4.78, 5) is 23.8. The van der Waals surface area contributed by atoms with E-state index >= 15 is 0 Å². The number of benzene rings is 2. The van der Waals surface area contributed by atoms with Crippen LogP contribution in [0.4, 0.5) is 0 Å². The quantitative estimate of drug-likeness (QED) is 0.854. The molecular weight excluding hydrogens is 282 g/mol. The van der Waals surface area contributed by atoms with E-state index in [0.717, 1.165) is 0 Å². The highest BCUT2D eigenvalue weighted by Crippen LogP contribution is 2.25. The molecule has 1 aliphatic heterocycles. The summed E-state index contributed by atoms with van der Waals surface area (Å²) in [6.07, 6.45) is -4.39. The number of imide groups is 1. The molecule has 3 rings (SSSR count). The molecule has 0 aliphatic carbocycles. The van der Waals surface area contributed by atoms with Crippen LogP contribution in [0.2, 0.25) is 0 Å². The fourth-order valence-corrected chi connectivity index (χ4v) is 2.09. The summed E-state index contributed by atoms with van der Waals surface area (Å²) >= 11 is 0. The van der Waals surface area contributed by atoms with Crippen molar-refractivity contribution >= 4 is 22.6 Å². The Morgan fingerprint density at radius 2 is 2.05 bits per heavy atom. The van der Waals surface area contributed by atoms with Crippen molar-refractivity contribution in [3.63, 3.8) is 0 Å². The zero-order chi connectivity index (χ0) is 21.8. The van der Waals surface area contributed by atoms with Crippen LogP contribution in [0, 0.1) is 0 Å². The van der Waals surface area contributed by atoms with Gasteiger partial charge in [-0.1, -0.05) is 36.4 Å². The van der Waals surface area contributed by atoms with Crippen LogP contribution in [0.5, 0.6) is 5.75 Å². The molecule has 1 fully saturated rings. The standard InChI is InChI=1S/C17H17NO4/c19-13(10-18-16(20)8-9-17(18)21)11-22-15-7-3-5-12-4-1-2-6-14(12)15/h1-7,13,19H,8-11H2/i3D,7D,10D2,11D2,13D. The Balaban J connectivity index is 2.07. The Hall–Kier alpha value is -2.40. The summed E-state index contributed by atoms with van der Waals surface area (Å²) < 4.78 is 61.0. The van der Waals surface area contributed by atoms with E-state index in [1.54, 1.807) is 18.2 Å². The van der Waals surface area contributed by atoms with Crippen molar-refractivity contribution in [3.05, 3.63) is 42.4 Å². The molecule has 1 N–H and O–H groups in total. The number of rotatable bonds is 5. The van der Waals surface area contributed by atoms with Crippen molar-refractivity contribution in [3.8, 4) is 5.75 Å². The average Bonchev–Trinajstić information content (AvgIpc) is 2.97. The number of β-amino-alcohol motifs (C(OH)–C–C–N with tert-alkyl or cyclic N) is 1. The van der Waals surface area contributed by atoms with Gasteiger partial charge in [-0.2, -0.15) is 0 Å². The van der Waals surface area contributed by atoms with Crippen LogP contribution in [0.1, 0.15) is 22.4 Å². The maximum atomic E-state index is 11.9. The molecule has 5 heteroatoms. The van der Waals surface area contributed by atoms with E-state index < -0.39 is 42.7 Å². The first-order valence-corrected chi connectivity index (χ1v) is 6.57. The van der Waals surface area contributed by atoms with E-state index in [0.29, 0.717) is 5.39 Å². The molecular formula is C17H17NO4. The molecule has 0 bridgehead atoms. The van der Waals surface area contributed by atoms with Crippen LogP contribution in [-0.4, -0.2) is 41.0 Å². The van der Waals surface area contributed by atoms with Gasteiger partial charge in [0.1, 0.15) is 18.4 Å². The number of aliphatic hydroxyl groups is 1. The normalized spacial score (nSPS) is 23.7. The number of nitrogens with zero attached hydrogens (tertiary/aromatic N) is 1. The zero-order valence-corrected chi connectivity index (χ0v) is 11.4. The largest absolute Gasteiger partial charge is 0.490 e. The number of hydrogen-bond donors (Lipinski definition) is 1. The third-order valence-electron chi connectivity index (χ3n) is 3.14. The monoisotopic (exact) mass is 306 g/mol. The van der Waals surface area contributed by atoms with Crippen LogP contribution >= 0.6 is 0 Å². The second kappa shape index (κ2) is 6.15. The van der Waals surface area contributed by atoms with E-state index in [-0.39, 0.29) is 29.2 Å². The molecule has 1 unspecified atom stereocenters. The fourth-order valence-electron chi connectivity index (χ4n) is 2.09. The molecule has 22 heavy (non-hydrogen) atoms. The highest BCUT2D eigenvalue weighted by molar-refractivity contribution is 6.01. The minimum atomic E-state index is -3.75. The molecule has 1 atom stereocenters. The van der Waals surface area contributed by atoms with Gasteiger partial charge in [0.2, 0.25) is 11.8 Å². The number of carbonyl (C=O) groups excluding carboxylic acids is 2. The van der Waals surface area contributed by atoms with Gasteiger partial charge in [-0.05, 0) is 11.4 Å². The molecule has 2 amide bonds. The lowest BCUT2D eigenvalue weighted by molar-refractivity contribution is -0.140. The number of carbonyl (C=O) groups is 2. The van der Waals surface area contributed by atoms with Crippen LogP contribution in [0.25, 0.3) is 10.8 Å². The molecule has 2 aromatic carbocycles. The second-order valence-corrected chi connectivity index (χ2v) is 4.62. The van der Waals surface area contributed by atoms with Crippen LogP contribution in [0.15, 0.2) is 42.4 Å². The Labute approximate surface area is 137 Å². The van der Waals surface area contributed by atoms with Crippen LogP contribution in [0.3, 0.4) is 0 Å². The molecule has 1 heterocycles. The number of hydrogen-bond acceptors (Lipinski definition) is 4. The smallest absolute Gasteiger partial charge is 0.229 e. The Kier molecular flexibility index (Phi) is 2.32. The molecule has 0 radical (unpaired) electrons. The van der Waals surface area contributed by atoms with E-state index in [1.165, 1.54) is 12.1 Å². The maximum Gasteiger partial charge on any atom is 0.229 e. The predicted octanol–water partition coefficient (Wildman–Crippen LogP) is 1.73. The van der Waals surface area contributed by atoms with Gasteiger partial charge >= 0.3 is 0 Å². The zero-order valence-electron chi connectivity index (χ0n) is 18.4. The number of ether oxygens (including phenoxy) is 1. The Morgan fingerprint density at radius 3 is 2.82 bits per heavy atom. The Morgan fingerprint density at radius 1 is 1.32 bits per heavy atom. The lowest BCUT2D eigenvalue weighted by Gasteiger charge is -2.19. The van der Waals surface area contributed by atoms with Gasteiger partial charge in [-0.15, -0.1) is 0 Å². The summed E-state index contributed by atoms with van der Waals surface area (Å²) in [5.74, 6) is -2.44. The van der Waals surface area contributed by atoms with Gasteiger partial charge in [0.25, 0.3) is 0 Å². The highest BCUT2D eigenvalue weighted by Gasteiger charge is 2.30. The van der Waals surface area contributed by atoms with Crippen molar-refractivity contribution in [1.82, 2.24) is 4.90 Å². The number of fused-ring (bicyclic) bond motifs is 1. The lowest BCUT2D eigenvalue weighted by Crippen LogP contribution is -2.38. The molecule has 0 aromatic heterocycles. The van der Waals surface area contributed by atoms with E-state index in [9.17, 15) is 14.7 Å². The van der Waals surface area contributed by atoms with Gasteiger partial charge in [0.05, 0.1) is 16.1 Å². The first-order chi connectivity index (χ1) is 13.3. The first kappa shape index (κ1) is 8.29. The van der Waals surface area contributed by atoms with Crippen LogP contribution in [-0.2, 0) is 9.59 Å². The summed E-state index contributed by atoms with van der Waals surface area (Å²) in [5.41, 5.74) is 0. The molecule has 1 aliphatic rings. The van der Waals surface area contributed by atoms with E-state index in [4.69, 9.17) is 14.3 Å².